The van der Waals surface area contributed by atoms with Gasteiger partial charge in [0.2, 0.25) is 5.95 Å². The summed E-state index contributed by atoms with van der Waals surface area (Å²) in [5.74, 6) is 1.22. The summed E-state index contributed by atoms with van der Waals surface area (Å²) in [6.45, 7) is 6.58. The monoisotopic (exact) mass is 238 g/mol. The van der Waals surface area contributed by atoms with Gasteiger partial charge >= 0.3 is 0 Å². The van der Waals surface area contributed by atoms with E-state index in [9.17, 15) is 0 Å². The van der Waals surface area contributed by atoms with Crippen molar-refractivity contribution in [2.75, 3.05) is 37.4 Å². The van der Waals surface area contributed by atoms with E-state index >= 15 is 0 Å². The van der Waals surface area contributed by atoms with Crippen molar-refractivity contribution in [3.63, 3.8) is 0 Å². The fourth-order valence-corrected chi connectivity index (χ4v) is 1.63. The van der Waals surface area contributed by atoms with Gasteiger partial charge in [-0.05, 0) is 13.3 Å². The number of hydrogen-bond acceptors (Lipinski definition) is 5. The van der Waals surface area contributed by atoms with Gasteiger partial charge in [-0.1, -0.05) is 13.3 Å². The average Bonchev–Trinajstić information content (AvgIpc) is 2.28. The summed E-state index contributed by atoms with van der Waals surface area (Å²) in [7, 11) is 1.71. The number of hydrogen-bond donors (Lipinski definition) is 1. The lowest BCUT2D eigenvalue weighted by molar-refractivity contribution is 0.205. The van der Waals surface area contributed by atoms with Crippen LogP contribution in [0, 0.1) is 6.92 Å². The Morgan fingerprint density at radius 3 is 2.71 bits per heavy atom. The summed E-state index contributed by atoms with van der Waals surface area (Å²) < 4.78 is 5.12. The first kappa shape index (κ1) is 13.7. The maximum Gasteiger partial charge on any atom is 0.222 e. The predicted octanol–water partition coefficient (Wildman–Crippen LogP) is 1.62. The van der Waals surface area contributed by atoms with Crippen molar-refractivity contribution in [1.29, 1.82) is 0 Å². The number of rotatable bonds is 7. The highest BCUT2D eigenvalue weighted by Gasteiger charge is 2.09. The molecule has 0 unspecified atom stereocenters. The molecule has 0 aliphatic heterocycles. The van der Waals surface area contributed by atoms with E-state index in [-0.39, 0.29) is 0 Å². The third kappa shape index (κ3) is 4.56. The summed E-state index contributed by atoms with van der Waals surface area (Å²) in [6, 6.07) is 1.96. The Bertz CT molecular complexity index is 315. The zero-order chi connectivity index (χ0) is 12.7. The van der Waals surface area contributed by atoms with Crippen LogP contribution in [0.1, 0.15) is 25.5 Å². The van der Waals surface area contributed by atoms with Crippen molar-refractivity contribution in [2.45, 2.75) is 26.7 Å². The Morgan fingerprint density at radius 1 is 1.35 bits per heavy atom. The van der Waals surface area contributed by atoms with Crippen LogP contribution in [-0.4, -0.2) is 36.8 Å². The maximum atomic E-state index is 5.67. The molecule has 0 radical (unpaired) electrons. The van der Waals surface area contributed by atoms with Gasteiger partial charge in [0.15, 0.2) is 0 Å². The standard InChI is InChI=1S/C12H22N4O/c1-4-5-6-16(7-8-17-3)11-9-10(2)14-12(13)15-11/h9H,4-8H2,1-3H3,(H2,13,14,15). The Kier molecular flexibility index (Phi) is 5.69. The first-order valence-corrected chi connectivity index (χ1v) is 6.02. The second-order valence-electron chi connectivity index (χ2n) is 4.06. The van der Waals surface area contributed by atoms with E-state index in [0.29, 0.717) is 12.6 Å². The number of ether oxygens (including phenoxy) is 1. The van der Waals surface area contributed by atoms with Crippen LogP contribution in [0.15, 0.2) is 6.07 Å². The molecule has 2 N–H and O–H groups in total. The average molecular weight is 238 g/mol. The molecule has 0 aliphatic carbocycles. The van der Waals surface area contributed by atoms with E-state index in [4.69, 9.17) is 10.5 Å². The molecule has 0 saturated carbocycles. The SMILES string of the molecule is CCCCN(CCOC)c1cc(C)nc(N)n1. The quantitative estimate of drug-likeness (QED) is 0.782. The number of aromatic nitrogens is 2. The van der Waals surface area contributed by atoms with Crippen molar-refractivity contribution in [2.24, 2.45) is 0 Å². The highest BCUT2D eigenvalue weighted by Crippen LogP contribution is 2.14. The Morgan fingerprint density at radius 2 is 2.12 bits per heavy atom. The zero-order valence-corrected chi connectivity index (χ0v) is 10.9. The highest BCUT2D eigenvalue weighted by molar-refractivity contribution is 5.43. The van der Waals surface area contributed by atoms with Gasteiger partial charge in [0.05, 0.1) is 6.61 Å². The number of unbranched alkanes of at least 4 members (excludes halogenated alkanes) is 1. The predicted molar refractivity (Wildman–Crippen MR) is 70.2 cm³/mol. The molecule has 1 rings (SSSR count). The number of nitrogen functional groups attached to an aromatic ring is 1. The van der Waals surface area contributed by atoms with Gasteiger partial charge in [0.1, 0.15) is 5.82 Å². The van der Waals surface area contributed by atoms with E-state index in [1.54, 1.807) is 7.11 Å². The second-order valence-corrected chi connectivity index (χ2v) is 4.06. The summed E-state index contributed by atoms with van der Waals surface area (Å²) >= 11 is 0. The molecular formula is C12H22N4O. The lowest BCUT2D eigenvalue weighted by Gasteiger charge is -2.23. The molecule has 5 heteroatoms. The van der Waals surface area contributed by atoms with Crippen molar-refractivity contribution in [3.05, 3.63) is 11.8 Å². The van der Waals surface area contributed by atoms with E-state index in [0.717, 1.165) is 37.4 Å². The van der Waals surface area contributed by atoms with Gasteiger partial charge in [-0.15, -0.1) is 0 Å². The molecule has 0 aromatic carbocycles. The molecule has 0 spiro atoms. The van der Waals surface area contributed by atoms with Crippen molar-refractivity contribution >= 4 is 11.8 Å². The fourth-order valence-electron chi connectivity index (χ4n) is 1.63. The molecule has 17 heavy (non-hydrogen) atoms. The molecule has 0 aliphatic rings. The highest BCUT2D eigenvalue weighted by atomic mass is 16.5. The Labute approximate surface area is 103 Å². The summed E-state index contributed by atoms with van der Waals surface area (Å²) in [5, 5.41) is 0. The van der Waals surface area contributed by atoms with Crippen LogP contribution < -0.4 is 10.6 Å². The van der Waals surface area contributed by atoms with E-state index in [2.05, 4.69) is 21.8 Å². The third-order valence-electron chi connectivity index (χ3n) is 2.53. The lowest BCUT2D eigenvalue weighted by Crippen LogP contribution is -2.29. The molecule has 0 amide bonds. The number of nitrogens with two attached hydrogens (primary N) is 1. The molecule has 1 aromatic heterocycles. The van der Waals surface area contributed by atoms with Gasteiger partial charge in [-0.3, -0.25) is 0 Å². The summed E-state index contributed by atoms with van der Waals surface area (Å²) in [4.78, 5) is 10.6. The molecule has 96 valence electrons. The minimum atomic E-state index is 0.332. The van der Waals surface area contributed by atoms with Crippen LogP contribution in [-0.2, 0) is 4.74 Å². The number of methoxy groups -OCH3 is 1. The minimum absolute atomic E-state index is 0.332. The van der Waals surface area contributed by atoms with Gasteiger partial charge in [-0.2, -0.15) is 4.98 Å². The van der Waals surface area contributed by atoms with Gasteiger partial charge in [0.25, 0.3) is 0 Å². The van der Waals surface area contributed by atoms with E-state index in [1.807, 2.05) is 13.0 Å². The van der Waals surface area contributed by atoms with E-state index < -0.39 is 0 Å². The van der Waals surface area contributed by atoms with Crippen LogP contribution in [0.25, 0.3) is 0 Å². The van der Waals surface area contributed by atoms with Crippen molar-refractivity contribution in [3.8, 4) is 0 Å². The summed E-state index contributed by atoms with van der Waals surface area (Å²) in [6.07, 6.45) is 2.29. The Hall–Kier alpha value is -1.36. The van der Waals surface area contributed by atoms with Crippen LogP contribution >= 0.6 is 0 Å². The normalized spacial score (nSPS) is 10.5. The van der Waals surface area contributed by atoms with Gasteiger partial charge in [-0.25, -0.2) is 4.98 Å². The lowest BCUT2D eigenvalue weighted by atomic mass is 10.3. The van der Waals surface area contributed by atoms with Gasteiger partial charge < -0.3 is 15.4 Å². The maximum absolute atomic E-state index is 5.67. The van der Waals surface area contributed by atoms with Crippen LogP contribution in [0.3, 0.4) is 0 Å². The molecule has 0 bridgehead atoms. The number of nitrogens with zero attached hydrogens (tertiary/aromatic N) is 3. The third-order valence-corrected chi connectivity index (χ3v) is 2.53. The van der Waals surface area contributed by atoms with Crippen LogP contribution in [0.4, 0.5) is 11.8 Å². The largest absolute Gasteiger partial charge is 0.383 e. The number of anilines is 2. The molecule has 1 aromatic rings. The zero-order valence-electron chi connectivity index (χ0n) is 10.9. The van der Waals surface area contributed by atoms with Gasteiger partial charge in [0, 0.05) is 32.0 Å². The van der Waals surface area contributed by atoms with Crippen LogP contribution in [0.2, 0.25) is 0 Å². The Balaban J connectivity index is 2.78. The second kappa shape index (κ2) is 7.06. The molecule has 0 atom stereocenters. The first-order valence-electron chi connectivity index (χ1n) is 6.02. The molecule has 0 fully saturated rings. The van der Waals surface area contributed by atoms with Crippen molar-refractivity contribution < 1.29 is 4.74 Å². The number of aryl methyl sites for hydroxylation is 1. The topological polar surface area (TPSA) is 64.3 Å². The first-order chi connectivity index (χ1) is 8.17. The van der Waals surface area contributed by atoms with Crippen molar-refractivity contribution in [1.82, 2.24) is 9.97 Å². The minimum Gasteiger partial charge on any atom is -0.383 e. The molecule has 5 nitrogen and oxygen atoms in total. The van der Waals surface area contributed by atoms with E-state index in [1.165, 1.54) is 0 Å². The smallest absolute Gasteiger partial charge is 0.222 e. The summed E-state index contributed by atoms with van der Waals surface area (Å²) in [5.41, 5.74) is 6.57. The molecular weight excluding hydrogens is 216 g/mol. The molecule has 1 heterocycles. The molecule has 0 saturated heterocycles. The fraction of sp³-hybridized carbons (Fsp3) is 0.667. The van der Waals surface area contributed by atoms with Crippen LogP contribution in [0.5, 0.6) is 0 Å².